The highest BCUT2D eigenvalue weighted by atomic mass is 16.7. The predicted octanol–water partition coefficient (Wildman–Crippen LogP) is 0.430. The maximum atomic E-state index is 11.2. The molecule has 1 amide bonds. The van der Waals surface area contributed by atoms with Crippen LogP contribution in [0.5, 0.6) is 17.2 Å². The molecule has 0 aliphatic carbocycles. The predicted molar refractivity (Wildman–Crippen MR) is 69.5 cm³/mol. The molecule has 0 fully saturated rings. The van der Waals surface area contributed by atoms with Crippen molar-refractivity contribution in [3.63, 3.8) is 0 Å². The highest BCUT2D eigenvalue weighted by Crippen LogP contribution is 2.38. The van der Waals surface area contributed by atoms with Gasteiger partial charge in [0, 0.05) is 17.7 Å². The molecular weight excluding hydrogens is 248 g/mol. The summed E-state index contributed by atoms with van der Waals surface area (Å²) >= 11 is 0. The van der Waals surface area contributed by atoms with Crippen molar-refractivity contribution in [3.8, 4) is 17.2 Å². The number of nitrogens with two attached hydrogens (primary N) is 1. The van der Waals surface area contributed by atoms with Crippen molar-refractivity contribution in [2.75, 3.05) is 20.4 Å². The van der Waals surface area contributed by atoms with E-state index in [1.165, 1.54) is 0 Å². The molecular formula is C13H18N2O4. The van der Waals surface area contributed by atoms with Crippen LogP contribution in [0.15, 0.2) is 12.1 Å². The topological polar surface area (TPSA) is 82.8 Å². The second kappa shape index (κ2) is 5.79. The lowest BCUT2D eigenvalue weighted by Crippen LogP contribution is -2.38. The molecule has 104 valence electrons. The highest BCUT2D eigenvalue weighted by Gasteiger charge is 2.19. The molecule has 1 aromatic carbocycles. The summed E-state index contributed by atoms with van der Waals surface area (Å²) in [5.41, 5.74) is 6.23. The summed E-state index contributed by atoms with van der Waals surface area (Å²) in [4.78, 5) is 11.2. The van der Waals surface area contributed by atoms with E-state index in [2.05, 4.69) is 5.32 Å². The number of rotatable bonds is 5. The van der Waals surface area contributed by atoms with Crippen molar-refractivity contribution < 1.29 is 19.0 Å². The number of carbonyl (C=O) groups is 1. The van der Waals surface area contributed by atoms with E-state index in [4.69, 9.17) is 19.9 Å². The van der Waals surface area contributed by atoms with Crippen LogP contribution in [0.2, 0.25) is 0 Å². The molecule has 1 aliphatic rings. The van der Waals surface area contributed by atoms with Gasteiger partial charge in [0.1, 0.15) is 5.75 Å². The minimum atomic E-state index is -0.174. The lowest BCUT2D eigenvalue weighted by atomic mass is 10.0. The lowest BCUT2D eigenvalue weighted by Gasteiger charge is -2.16. The Morgan fingerprint density at radius 1 is 1.47 bits per heavy atom. The van der Waals surface area contributed by atoms with Crippen LogP contribution in [0, 0.1) is 0 Å². The Labute approximate surface area is 111 Å². The first kappa shape index (κ1) is 13.5. The maximum Gasteiger partial charge on any atom is 0.233 e. The Morgan fingerprint density at radius 2 is 2.16 bits per heavy atom. The average molecular weight is 266 g/mol. The molecule has 0 spiro atoms. The standard InChI is InChI=1S/C13H18N2O4/c1-8(15-13(16)6-14)3-9-4-11-12(19-7-18-11)5-10(9)17-2/h4-5,8H,3,6-7,14H2,1-2H3,(H,15,16). The van der Waals surface area contributed by atoms with E-state index in [1.807, 2.05) is 13.0 Å². The minimum Gasteiger partial charge on any atom is -0.496 e. The van der Waals surface area contributed by atoms with Crippen LogP contribution in [-0.4, -0.2) is 32.4 Å². The van der Waals surface area contributed by atoms with Crippen LogP contribution < -0.4 is 25.3 Å². The van der Waals surface area contributed by atoms with Gasteiger partial charge in [-0.1, -0.05) is 0 Å². The minimum absolute atomic E-state index is 0.0113. The number of benzene rings is 1. The number of hydrogen-bond donors (Lipinski definition) is 2. The van der Waals surface area contributed by atoms with E-state index in [0.717, 1.165) is 11.3 Å². The molecule has 3 N–H and O–H groups in total. The first-order valence-electron chi connectivity index (χ1n) is 6.10. The SMILES string of the molecule is COc1cc2c(cc1CC(C)NC(=O)CN)OCO2. The molecule has 0 aromatic heterocycles. The van der Waals surface area contributed by atoms with Crippen molar-refractivity contribution in [1.29, 1.82) is 0 Å². The summed E-state index contributed by atoms with van der Waals surface area (Å²) in [6.07, 6.45) is 0.631. The maximum absolute atomic E-state index is 11.2. The van der Waals surface area contributed by atoms with Crippen LogP contribution in [0.1, 0.15) is 12.5 Å². The molecule has 1 aromatic rings. The lowest BCUT2D eigenvalue weighted by molar-refractivity contribution is -0.120. The molecule has 0 radical (unpaired) electrons. The van der Waals surface area contributed by atoms with Gasteiger partial charge in [-0.05, 0) is 19.4 Å². The monoisotopic (exact) mass is 266 g/mol. The second-order valence-corrected chi connectivity index (χ2v) is 4.39. The zero-order valence-corrected chi connectivity index (χ0v) is 11.1. The van der Waals surface area contributed by atoms with Crippen LogP contribution in [-0.2, 0) is 11.2 Å². The molecule has 6 nitrogen and oxygen atoms in total. The van der Waals surface area contributed by atoms with Gasteiger partial charge < -0.3 is 25.3 Å². The third kappa shape index (κ3) is 3.08. The fourth-order valence-electron chi connectivity index (χ4n) is 2.03. The summed E-state index contributed by atoms with van der Waals surface area (Å²) in [5, 5.41) is 2.81. The zero-order chi connectivity index (χ0) is 13.8. The molecule has 19 heavy (non-hydrogen) atoms. The van der Waals surface area contributed by atoms with Gasteiger partial charge in [0.15, 0.2) is 11.5 Å². The van der Waals surface area contributed by atoms with Gasteiger partial charge in [-0.25, -0.2) is 0 Å². The van der Waals surface area contributed by atoms with E-state index in [1.54, 1.807) is 13.2 Å². The molecule has 0 saturated carbocycles. The third-order valence-electron chi connectivity index (χ3n) is 2.89. The van der Waals surface area contributed by atoms with E-state index < -0.39 is 0 Å². The molecule has 0 bridgehead atoms. The number of carbonyl (C=O) groups excluding carboxylic acids is 1. The highest BCUT2D eigenvalue weighted by molar-refractivity contribution is 5.78. The Balaban J connectivity index is 2.13. The Bertz CT molecular complexity index is 476. The summed E-state index contributed by atoms with van der Waals surface area (Å²) < 4.78 is 16.0. The normalized spacial score (nSPS) is 14.1. The molecule has 1 heterocycles. The number of ether oxygens (including phenoxy) is 3. The number of methoxy groups -OCH3 is 1. The number of hydrogen-bond acceptors (Lipinski definition) is 5. The molecule has 1 aliphatic heterocycles. The molecule has 6 heteroatoms. The molecule has 1 unspecified atom stereocenters. The van der Waals surface area contributed by atoms with Gasteiger partial charge in [-0.2, -0.15) is 0 Å². The zero-order valence-electron chi connectivity index (χ0n) is 11.1. The average Bonchev–Trinajstić information content (AvgIpc) is 2.84. The van der Waals surface area contributed by atoms with Crippen molar-refractivity contribution >= 4 is 5.91 Å². The fraction of sp³-hybridized carbons (Fsp3) is 0.462. The van der Waals surface area contributed by atoms with Gasteiger partial charge in [-0.15, -0.1) is 0 Å². The first-order chi connectivity index (χ1) is 9.13. The Kier molecular flexibility index (Phi) is 4.11. The van der Waals surface area contributed by atoms with Gasteiger partial charge in [0.2, 0.25) is 12.7 Å². The van der Waals surface area contributed by atoms with Crippen molar-refractivity contribution in [1.82, 2.24) is 5.32 Å². The number of nitrogens with one attached hydrogen (secondary N) is 1. The van der Waals surface area contributed by atoms with Gasteiger partial charge in [0.05, 0.1) is 13.7 Å². The van der Waals surface area contributed by atoms with Gasteiger partial charge in [0.25, 0.3) is 0 Å². The van der Waals surface area contributed by atoms with Crippen LogP contribution in [0.25, 0.3) is 0 Å². The molecule has 2 rings (SSSR count). The van der Waals surface area contributed by atoms with Gasteiger partial charge >= 0.3 is 0 Å². The number of fused-ring (bicyclic) bond motifs is 1. The van der Waals surface area contributed by atoms with E-state index in [-0.39, 0.29) is 25.3 Å². The first-order valence-corrected chi connectivity index (χ1v) is 6.10. The van der Waals surface area contributed by atoms with Crippen molar-refractivity contribution in [2.24, 2.45) is 5.73 Å². The summed E-state index contributed by atoms with van der Waals surface area (Å²) in [6, 6.07) is 3.65. The molecule has 0 saturated heterocycles. The van der Waals surface area contributed by atoms with E-state index in [9.17, 15) is 4.79 Å². The quantitative estimate of drug-likeness (QED) is 0.807. The van der Waals surface area contributed by atoms with Crippen LogP contribution >= 0.6 is 0 Å². The largest absolute Gasteiger partial charge is 0.496 e. The second-order valence-electron chi connectivity index (χ2n) is 4.39. The van der Waals surface area contributed by atoms with Crippen LogP contribution in [0.3, 0.4) is 0 Å². The van der Waals surface area contributed by atoms with Crippen molar-refractivity contribution in [2.45, 2.75) is 19.4 Å². The van der Waals surface area contributed by atoms with Crippen LogP contribution in [0.4, 0.5) is 0 Å². The summed E-state index contributed by atoms with van der Waals surface area (Å²) in [6.45, 7) is 2.13. The molecule has 1 atom stereocenters. The van der Waals surface area contributed by atoms with E-state index >= 15 is 0 Å². The number of amides is 1. The third-order valence-corrected chi connectivity index (χ3v) is 2.89. The Morgan fingerprint density at radius 3 is 2.79 bits per heavy atom. The summed E-state index contributed by atoms with van der Waals surface area (Å²) in [7, 11) is 1.60. The summed E-state index contributed by atoms with van der Waals surface area (Å²) in [5.74, 6) is 1.93. The van der Waals surface area contributed by atoms with Gasteiger partial charge in [-0.3, -0.25) is 4.79 Å². The van der Waals surface area contributed by atoms with E-state index in [0.29, 0.717) is 17.9 Å². The Hall–Kier alpha value is -1.95. The van der Waals surface area contributed by atoms with Crippen molar-refractivity contribution in [3.05, 3.63) is 17.7 Å². The fourth-order valence-corrected chi connectivity index (χ4v) is 2.03. The smallest absolute Gasteiger partial charge is 0.233 e.